The zero-order valence-corrected chi connectivity index (χ0v) is 21.3. The molecule has 1 saturated heterocycles. The molecule has 0 spiro atoms. The normalized spacial score (nSPS) is 16.1. The van der Waals surface area contributed by atoms with Gasteiger partial charge in [-0.3, -0.25) is 0 Å². The number of nitrogens with zero attached hydrogens (tertiary/aromatic N) is 7. The molecule has 15 heteroatoms. The van der Waals surface area contributed by atoms with Gasteiger partial charge in [0.25, 0.3) is 0 Å². The van der Waals surface area contributed by atoms with Gasteiger partial charge >= 0.3 is 12.1 Å². The van der Waals surface area contributed by atoms with Crippen molar-refractivity contribution in [2.24, 2.45) is 0 Å². The van der Waals surface area contributed by atoms with E-state index in [0.717, 1.165) is 42.8 Å². The first kappa shape index (κ1) is 26.5. The summed E-state index contributed by atoms with van der Waals surface area (Å²) in [5.41, 5.74) is 9.75. The Hall–Kier alpha value is -4.14. The topological polar surface area (TPSA) is 171 Å². The van der Waals surface area contributed by atoms with E-state index in [1.54, 1.807) is 0 Å². The lowest BCUT2D eigenvalue weighted by Crippen LogP contribution is -2.39. The van der Waals surface area contributed by atoms with Crippen LogP contribution in [0.25, 0.3) is 33.8 Å². The smallest absolute Gasteiger partial charge is 0.475 e. The molecule has 0 bridgehead atoms. The average Bonchev–Trinajstić information content (AvgIpc) is 3.44. The summed E-state index contributed by atoms with van der Waals surface area (Å²) in [6, 6.07) is 0. The molecule has 0 amide bonds. The minimum absolute atomic E-state index is 0.310. The van der Waals surface area contributed by atoms with Crippen LogP contribution in [0.3, 0.4) is 0 Å². The predicted octanol–water partition coefficient (Wildman–Crippen LogP) is 3.47. The van der Waals surface area contributed by atoms with Crippen LogP contribution in [0.4, 0.5) is 19.0 Å². The summed E-state index contributed by atoms with van der Waals surface area (Å²) in [6.07, 6.45) is 2.32. The molecule has 4 N–H and O–H groups in total. The number of aliphatic carboxylic acids is 1. The predicted molar refractivity (Wildman–Crippen MR) is 133 cm³/mol. The molecular formula is C24H26F3N9O3. The summed E-state index contributed by atoms with van der Waals surface area (Å²) < 4.78 is 39.4. The van der Waals surface area contributed by atoms with Gasteiger partial charge in [0.15, 0.2) is 17.2 Å². The number of hydrogen-bond donors (Lipinski definition) is 3. The van der Waals surface area contributed by atoms with Gasteiger partial charge in [-0.2, -0.15) is 18.3 Å². The van der Waals surface area contributed by atoms with Gasteiger partial charge in [0.1, 0.15) is 23.5 Å². The van der Waals surface area contributed by atoms with Gasteiger partial charge in [-0.25, -0.2) is 29.4 Å². The van der Waals surface area contributed by atoms with Crippen molar-refractivity contribution >= 4 is 22.8 Å². The van der Waals surface area contributed by atoms with Crippen molar-refractivity contribution in [3.8, 4) is 22.8 Å². The molecule has 12 nitrogen and oxygen atoms in total. The number of hydrogen-bond acceptors (Lipinski definition) is 10. The number of alkyl halides is 3. The highest BCUT2D eigenvalue weighted by molar-refractivity contribution is 6.00. The van der Waals surface area contributed by atoms with Gasteiger partial charge in [0.05, 0.1) is 16.5 Å². The number of carboxylic acid groups (broad SMARTS) is 1. The van der Waals surface area contributed by atoms with Crippen molar-refractivity contribution in [1.29, 1.82) is 0 Å². The number of aromatic nitrogens is 7. The number of nitrogens with two attached hydrogens (primary N) is 1. The van der Waals surface area contributed by atoms with E-state index in [2.05, 4.69) is 41.2 Å². The minimum Gasteiger partial charge on any atom is -0.475 e. The lowest BCUT2D eigenvalue weighted by atomic mass is 9.96. The van der Waals surface area contributed by atoms with E-state index in [-0.39, 0.29) is 5.54 Å². The fourth-order valence-corrected chi connectivity index (χ4v) is 4.12. The third-order valence-electron chi connectivity index (χ3n) is 6.41. The molecule has 1 saturated carbocycles. The Balaban J connectivity index is 0.000000392. The molecule has 1 aliphatic heterocycles. The zero-order valence-electron chi connectivity index (χ0n) is 21.3. The first-order chi connectivity index (χ1) is 18.4. The summed E-state index contributed by atoms with van der Waals surface area (Å²) in [5, 5.41) is 20.4. The second-order valence-corrected chi connectivity index (χ2v) is 10.4. The van der Waals surface area contributed by atoms with E-state index in [1.165, 1.54) is 6.33 Å². The van der Waals surface area contributed by atoms with Crippen LogP contribution < -0.4 is 11.1 Å². The number of rotatable bonds is 4. The lowest BCUT2D eigenvalue weighted by molar-refractivity contribution is -0.192. The quantitative estimate of drug-likeness (QED) is 0.343. The fourth-order valence-electron chi connectivity index (χ4n) is 4.12. The summed E-state index contributed by atoms with van der Waals surface area (Å²) >= 11 is 0. The molecule has 4 aromatic heterocycles. The van der Waals surface area contributed by atoms with E-state index in [1.807, 2.05) is 17.1 Å². The van der Waals surface area contributed by atoms with Crippen molar-refractivity contribution in [3.63, 3.8) is 0 Å². The van der Waals surface area contributed by atoms with Gasteiger partial charge in [-0.05, 0) is 39.2 Å². The highest BCUT2D eigenvalue weighted by Gasteiger charge is 2.38. The molecule has 0 radical (unpaired) electrons. The van der Waals surface area contributed by atoms with Crippen molar-refractivity contribution in [3.05, 3.63) is 30.0 Å². The van der Waals surface area contributed by atoms with Crippen LogP contribution in [0, 0.1) is 0 Å². The number of carbonyl (C=O) groups is 1. The van der Waals surface area contributed by atoms with E-state index in [4.69, 9.17) is 35.2 Å². The van der Waals surface area contributed by atoms with Crippen LogP contribution in [0.2, 0.25) is 0 Å². The van der Waals surface area contributed by atoms with Gasteiger partial charge in [-0.1, -0.05) is 5.16 Å². The van der Waals surface area contributed by atoms with E-state index in [9.17, 15) is 13.2 Å². The molecule has 206 valence electrons. The molecule has 39 heavy (non-hydrogen) atoms. The fraction of sp³-hybridized carbons (Fsp3) is 0.458. The third kappa shape index (κ3) is 5.13. The second kappa shape index (κ2) is 9.55. The molecule has 0 aromatic carbocycles. The van der Waals surface area contributed by atoms with Gasteiger partial charge in [-0.15, -0.1) is 0 Å². The van der Waals surface area contributed by atoms with Crippen molar-refractivity contribution in [2.45, 2.75) is 57.2 Å². The molecule has 0 atom stereocenters. The maximum atomic E-state index is 10.6. The molecule has 4 aromatic rings. The second-order valence-electron chi connectivity index (χ2n) is 10.4. The Bertz CT molecular complexity index is 1520. The SMILES string of the molecule is CC(C)(C)n1nc(-c2noc(C3CC3)c2-c2ncc(C3CNC3)cn2)c2c(N)ncnc21.O=C(O)C(F)(F)F. The summed E-state index contributed by atoms with van der Waals surface area (Å²) in [7, 11) is 0. The number of nitrogen functional groups attached to an aromatic ring is 1. The molecular weight excluding hydrogens is 519 g/mol. The highest BCUT2D eigenvalue weighted by Crippen LogP contribution is 2.48. The molecule has 5 heterocycles. The van der Waals surface area contributed by atoms with Crippen LogP contribution in [0.15, 0.2) is 23.2 Å². The van der Waals surface area contributed by atoms with E-state index >= 15 is 0 Å². The zero-order chi connectivity index (χ0) is 28.1. The first-order valence-corrected chi connectivity index (χ1v) is 12.2. The standard InChI is InChI=1S/C22H25N9O.C2HF3O2/c1-22(2,3)31-21-15(19(23)27-10-28-21)16(29-31)17-14(18(32-30-17)11-4-5-11)20-25-8-13(9-26-20)12-6-24-7-12;3-2(4,5)1(6)7/h8-12,24H,4-7H2,1-3H3,(H2,23,27,28);(H,6,7). The molecule has 2 fully saturated rings. The monoisotopic (exact) mass is 545 g/mol. The Morgan fingerprint density at radius 1 is 1.08 bits per heavy atom. The number of halogens is 3. The van der Waals surface area contributed by atoms with Crippen LogP contribution in [-0.2, 0) is 10.3 Å². The Labute approximate surface area is 219 Å². The molecule has 2 aliphatic rings. The number of nitrogens with one attached hydrogen (secondary N) is 1. The summed E-state index contributed by atoms with van der Waals surface area (Å²) in [4.78, 5) is 27.0. The highest BCUT2D eigenvalue weighted by atomic mass is 19.4. The average molecular weight is 546 g/mol. The maximum absolute atomic E-state index is 10.6. The van der Waals surface area contributed by atoms with E-state index < -0.39 is 12.1 Å². The molecule has 6 rings (SSSR count). The molecule has 0 unspecified atom stereocenters. The lowest BCUT2D eigenvalue weighted by Gasteiger charge is -2.26. The van der Waals surface area contributed by atoms with Crippen LogP contribution in [-0.4, -0.2) is 65.2 Å². The Morgan fingerprint density at radius 3 is 2.23 bits per heavy atom. The van der Waals surface area contributed by atoms with Crippen LogP contribution in [0.5, 0.6) is 0 Å². The largest absolute Gasteiger partial charge is 0.490 e. The number of anilines is 1. The molecule has 1 aliphatic carbocycles. The van der Waals surface area contributed by atoms with Crippen molar-refractivity contribution < 1.29 is 27.6 Å². The van der Waals surface area contributed by atoms with Crippen molar-refractivity contribution in [1.82, 2.24) is 40.2 Å². The van der Waals surface area contributed by atoms with Crippen molar-refractivity contribution in [2.75, 3.05) is 18.8 Å². The number of carboxylic acids is 1. The first-order valence-electron chi connectivity index (χ1n) is 12.2. The van der Waals surface area contributed by atoms with Gasteiger partial charge in [0, 0.05) is 37.3 Å². The minimum atomic E-state index is -5.08. The summed E-state index contributed by atoms with van der Waals surface area (Å²) in [5.74, 6) is -0.198. The third-order valence-corrected chi connectivity index (χ3v) is 6.41. The van der Waals surface area contributed by atoms with Gasteiger partial charge in [0.2, 0.25) is 0 Å². The Kier molecular flexibility index (Phi) is 6.48. The number of fused-ring (bicyclic) bond motifs is 1. The summed E-state index contributed by atoms with van der Waals surface area (Å²) in [6.45, 7) is 8.13. The van der Waals surface area contributed by atoms with Crippen LogP contribution >= 0.6 is 0 Å². The Morgan fingerprint density at radius 2 is 1.72 bits per heavy atom. The van der Waals surface area contributed by atoms with E-state index in [0.29, 0.717) is 45.9 Å². The van der Waals surface area contributed by atoms with Gasteiger partial charge < -0.3 is 20.7 Å². The maximum Gasteiger partial charge on any atom is 0.490 e. The van der Waals surface area contributed by atoms with Crippen LogP contribution in [0.1, 0.15) is 56.8 Å².